The van der Waals surface area contributed by atoms with Crippen LogP contribution in [0.5, 0.6) is 0 Å². The summed E-state index contributed by atoms with van der Waals surface area (Å²) in [5, 5.41) is 16.3. The summed E-state index contributed by atoms with van der Waals surface area (Å²) in [4.78, 5) is 47.0. The predicted molar refractivity (Wildman–Crippen MR) is 101 cm³/mol. The molecule has 150 valence electrons. The molecular formula is C16H30N4O5S. The molecule has 0 aliphatic carbocycles. The lowest BCUT2D eigenvalue weighted by molar-refractivity contribution is -0.142. The van der Waals surface area contributed by atoms with Crippen molar-refractivity contribution in [2.75, 3.05) is 12.3 Å². The number of carboxylic acids is 1. The van der Waals surface area contributed by atoms with Gasteiger partial charge in [0, 0.05) is 5.75 Å². The van der Waals surface area contributed by atoms with Crippen LogP contribution in [0.2, 0.25) is 0 Å². The van der Waals surface area contributed by atoms with Crippen LogP contribution < -0.4 is 21.7 Å². The van der Waals surface area contributed by atoms with Crippen molar-refractivity contribution in [2.45, 2.75) is 52.2 Å². The van der Waals surface area contributed by atoms with Crippen molar-refractivity contribution < 1.29 is 24.3 Å². The lowest BCUT2D eigenvalue weighted by Crippen LogP contribution is -2.55. The molecule has 0 fully saturated rings. The average Bonchev–Trinajstić information content (AvgIpc) is 2.55. The number of nitrogens with two attached hydrogens (primary N) is 1. The number of aliphatic carboxylic acids is 1. The molecule has 0 heterocycles. The molecule has 0 spiro atoms. The fraction of sp³-hybridized carbons (Fsp3) is 0.750. The molecule has 0 bridgehead atoms. The molecule has 9 nitrogen and oxygen atoms in total. The standard InChI is InChI=1S/C16H30N4O5S/c1-8(2)5-10(16(24)25)19-12(21)6-18-14(22)11(7-26)20-15(23)13(17)9(3)4/h8-11,13,26H,5-7,17H2,1-4H3,(H,18,22)(H,19,21)(H,20,23)(H,24,25). The van der Waals surface area contributed by atoms with Crippen molar-refractivity contribution in [3.63, 3.8) is 0 Å². The van der Waals surface area contributed by atoms with E-state index in [4.69, 9.17) is 10.8 Å². The van der Waals surface area contributed by atoms with Gasteiger partial charge in [0.2, 0.25) is 17.7 Å². The van der Waals surface area contributed by atoms with E-state index in [1.165, 1.54) is 0 Å². The summed E-state index contributed by atoms with van der Waals surface area (Å²) in [6.45, 7) is 6.83. The van der Waals surface area contributed by atoms with E-state index in [1.54, 1.807) is 13.8 Å². The molecule has 0 aromatic heterocycles. The molecule has 3 unspecified atom stereocenters. The van der Waals surface area contributed by atoms with Gasteiger partial charge in [-0.3, -0.25) is 14.4 Å². The van der Waals surface area contributed by atoms with Gasteiger partial charge in [-0.1, -0.05) is 27.7 Å². The Balaban J connectivity index is 4.57. The Kier molecular flexibility index (Phi) is 10.9. The van der Waals surface area contributed by atoms with Gasteiger partial charge in [0.05, 0.1) is 12.6 Å². The van der Waals surface area contributed by atoms with Gasteiger partial charge in [-0.2, -0.15) is 12.6 Å². The largest absolute Gasteiger partial charge is 0.480 e. The van der Waals surface area contributed by atoms with Crippen molar-refractivity contribution in [3.8, 4) is 0 Å². The fourth-order valence-corrected chi connectivity index (χ4v) is 2.25. The molecular weight excluding hydrogens is 360 g/mol. The fourth-order valence-electron chi connectivity index (χ4n) is 1.99. The van der Waals surface area contributed by atoms with Crippen molar-refractivity contribution in [3.05, 3.63) is 0 Å². The van der Waals surface area contributed by atoms with E-state index in [1.807, 2.05) is 13.8 Å². The number of amides is 3. The first-order valence-corrected chi connectivity index (χ1v) is 9.09. The molecule has 6 N–H and O–H groups in total. The van der Waals surface area contributed by atoms with Crippen LogP contribution in [0.1, 0.15) is 34.1 Å². The van der Waals surface area contributed by atoms with Crippen molar-refractivity contribution in [2.24, 2.45) is 17.6 Å². The third-order valence-corrected chi connectivity index (χ3v) is 3.97. The van der Waals surface area contributed by atoms with Crippen LogP contribution >= 0.6 is 12.6 Å². The highest BCUT2D eigenvalue weighted by Gasteiger charge is 2.25. The van der Waals surface area contributed by atoms with Crippen LogP contribution in [0.4, 0.5) is 0 Å². The minimum absolute atomic E-state index is 0.0229. The normalized spacial score (nSPS) is 14.5. The molecule has 0 aromatic rings. The third kappa shape index (κ3) is 9.04. The third-order valence-electron chi connectivity index (χ3n) is 3.60. The number of carbonyl (C=O) groups is 4. The predicted octanol–water partition coefficient (Wildman–Crippen LogP) is -0.884. The number of rotatable bonds is 11. The lowest BCUT2D eigenvalue weighted by atomic mass is 10.0. The Bertz CT molecular complexity index is 513. The molecule has 10 heteroatoms. The number of thiol groups is 1. The molecule has 0 radical (unpaired) electrons. The second-order valence-electron chi connectivity index (χ2n) is 6.82. The molecule has 0 aromatic carbocycles. The van der Waals surface area contributed by atoms with Crippen molar-refractivity contribution in [1.82, 2.24) is 16.0 Å². The van der Waals surface area contributed by atoms with Crippen molar-refractivity contribution in [1.29, 1.82) is 0 Å². The van der Waals surface area contributed by atoms with Gasteiger partial charge >= 0.3 is 5.97 Å². The number of nitrogens with one attached hydrogen (secondary N) is 3. The zero-order chi connectivity index (χ0) is 20.4. The van der Waals surface area contributed by atoms with Crippen LogP contribution in [0, 0.1) is 11.8 Å². The molecule has 0 saturated heterocycles. The zero-order valence-corrected chi connectivity index (χ0v) is 16.5. The van der Waals surface area contributed by atoms with E-state index in [2.05, 4.69) is 28.6 Å². The molecule has 3 amide bonds. The van der Waals surface area contributed by atoms with E-state index in [0.29, 0.717) is 0 Å². The summed E-state index contributed by atoms with van der Waals surface area (Å²) in [5.74, 6) is -2.85. The first-order valence-electron chi connectivity index (χ1n) is 8.46. The average molecular weight is 391 g/mol. The smallest absolute Gasteiger partial charge is 0.326 e. The molecule has 0 aliphatic rings. The summed E-state index contributed by atoms with van der Waals surface area (Å²) in [6.07, 6.45) is 0.275. The van der Waals surface area contributed by atoms with E-state index >= 15 is 0 Å². The van der Waals surface area contributed by atoms with E-state index in [0.717, 1.165) is 0 Å². The molecule has 0 saturated carbocycles. The Morgan fingerprint density at radius 2 is 1.58 bits per heavy atom. The summed E-state index contributed by atoms with van der Waals surface area (Å²) >= 11 is 4.02. The summed E-state index contributed by atoms with van der Waals surface area (Å²) in [5.41, 5.74) is 5.72. The van der Waals surface area contributed by atoms with Gasteiger partial charge < -0.3 is 26.8 Å². The monoisotopic (exact) mass is 390 g/mol. The Morgan fingerprint density at radius 3 is 2.00 bits per heavy atom. The van der Waals surface area contributed by atoms with E-state index in [9.17, 15) is 19.2 Å². The number of hydrogen-bond donors (Lipinski definition) is 6. The van der Waals surface area contributed by atoms with Crippen LogP contribution in [0.25, 0.3) is 0 Å². The van der Waals surface area contributed by atoms with Gasteiger partial charge in [0.25, 0.3) is 0 Å². The van der Waals surface area contributed by atoms with Gasteiger partial charge in [-0.25, -0.2) is 4.79 Å². The lowest BCUT2D eigenvalue weighted by Gasteiger charge is -2.21. The molecule has 26 heavy (non-hydrogen) atoms. The van der Waals surface area contributed by atoms with Gasteiger partial charge in [0.15, 0.2) is 0 Å². The van der Waals surface area contributed by atoms with Crippen LogP contribution in [-0.4, -0.2) is 59.2 Å². The Hall–Kier alpha value is -1.81. The highest BCUT2D eigenvalue weighted by atomic mass is 32.1. The molecule has 3 atom stereocenters. The van der Waals surface area contributed by atoms with Gasteiger partial charge in [-0.15, -0.1) is 0 Å². The number of hydrogen-bond acceptors (Lipinski definition) is 6. The first-order chi connectivity index (χ1) is 12.0. The quantitative estimate of drug-likeness (QED) is 0.252. The second-order valence-corrected chi connectivity index (χ2v) is 7.18. The minimum atomic E-state index is -1.14. The van der Waals surface area contributed by atoms with E-state index < -0.39 is 48.4 Å². The van der Waals surface area contributed by atoms with Gasteiger partial charge in [-0.05, 0) is 18.3 Å². The number of carbonyl (C=O) groups excluding carboxylic acids is 3. The van der Waals surface area contributed by atoms with Gasteiger partial charge in [0.1, 0.15) is 12.1 Å². The SMILES string of the molecule is CC(C)CC(NC(=O)CNC(=O)C(CS)NC(=O)C(N)C(C)C)C(=O)O. The number of carboxylic acid groups (broad SMARTS) is 1. The van der Waals surface area contributed by atoms with Crippen LogP contribution in [0.3, 0.4) is 0 Å². The molecule has 0 rings (SSSR count). The second kappa shape index (κ2) is 11.7. The van der Waals surface area contributed by atoms with E-state index in [-0.39, 0.29) is 24.0 Å². The summed E-state index contributed by atoms with van der Waals surface area (Å²) in [7, 11) is 0. The maximum Gasteiger partial charge on any atom is 0.326 e. The molecule has 0 aliphatic heterocycles. The summed E-state index contributed by atoms with van der Waals surface area (Å²) in [6, 6.07) is -2.74. The first kappa shape index (κ1) is 24.2. The topological polar surface area (TPSA) is 151 Å². The minimum Gasteiger partial charge on any atom is -0.480 e. The summed E-state index contributed by atoms with van der Waals surface area (Å²) < 4.78 is 0. The zero-order valence-electron chi connectivity index (χ0n) is 15.6. The van der Waals surface area contributed by atoms with Crippen LogP contribution in [0.15, 0.2) is 0 Å². The van der Waals surface area contributed by atoms with Crippen LogP contribution in [-0.2, 0) is 19.2 Å². The Labute approximate surface area is 159 Å². The maximum absolute atomic E-state index is 12.1. The Morgan fingerprint density at radius 1 is 1.00 bits per heavy atom. The highest BCUT2D eigenvalue weighted by Crippen LogP contribution is 2.04. The highest BCUT2D eigenvalue weighted by molar-refractivity contribution is 7.80. The van der Waals surface area contributed by atoms with Crippen molar-refractivity contribution >= 4 is 36.3 Å². The maximum atomic E-state index is 12.1.